The fourth-order valence-electron chi connectivity index (χ4n) is 1.02. The molecule has 0 aliphatic carbocycles. The number of aliphatic carboxylic acids is 1. The van der Waals surface area contributed by atoms with Crippen LogP contribution in [0.1, 0.15) is 20.8 Å². The Morgan fingerprint density at radius 3 is 2.27 bits per heavy atom. The molecule has 0 bridgehead atoms. The Balaban J connectivity index is 4.12. The van der Waals surface area contributed by atoms with E-state index in [2.05, 4.69) is 5.32 Å². The lowest BCUT2D eigenvalue weighted by Gasteiger charge is -2.22. The van der Waals surface area contributed by atoms with Crippen LogP contribution in [0.4, 0.5) is 0 Å². The first-order valence-corrected chi connectivity index (χ1v) is 6.75. The van der Waals surface area contributed by atoms with E-state index in [-0.39, 0.29) is 18.3 Å². The second-order valence-corrected chi connectivity index (χ2v) is 6.75. The van der Waals surface area contributed by atoms with E-state index in [1.165, 1.54) is 0 Å². The second-order valence-electron chi connectivity index (χ2n) is 4.56. The third-order valence-corrected chi connectivity index (χ3v) is 3.13. The summed E-state index contributed by atoms with van der Waals surface area (Å²) in [6.07, 6.45) is 1.16. The molecule has 0 amide bonds. The number of rotatable bonds is 6. The van der Waals surface area contributed by atoms with Gasteiger partial charge in [-0.2, -0.15) is 0 Å². The molecule has 6 heteroatoms. The molecule has 0 heterocycles. The highest BCUT2D eigenvalue weighted by Gasteiger charge is 2.27. The van der Waals surface area contributed by atoms with Gasteiger partial charge in [-0.3, -0.25) is 4.79 Å². The highest BCUT2D eigenvalue weighted by molar-refractivity contribution is 7.90. The van der Waals surface area contributed by atoms with E-state index in [9.17, 15) is 13.2 Å². The highest BCUT2D eigenvalue weighted by Crippen LogP contribution is 2.13. The molecule has 0 fully saturated rings. The van der Waals surface area contributed by atoms with Gasteiger partial charge in [0.2, 0.25) is 0 Å². The Morgan fingerprint density at radius 2 is 1.93 bits per heavy atom. The summed E-state index contributed by atoms with van der Waals surface area (Å²) < 4.78 is 21.9. The largest absolute Gasteiger partial charge is 0.481 e. The van der Waals surface area contributed by atoms with Crippen molar-refractivity contribution in [3.8, 4) is 0 Å². The van der Waals surface area contributed by atoms with Crippen LogP contribution >= 0.6 is 0 Å². The van der Waals surface area contributed by atoms with Crippen LogP contribution in [-0.2, 0) is 14.6 Å². The standard InChI is InChI=1S/C9H19NO4S/c1-7(5-15(4,13)14)10-6-9(2,3)8(11)12/h7,10H,5-6H2,1-4H3,(H,11,12). The van der Waals surface area contributed by atoms with E-state index in [1.54, 1.807) is 20.8 Å². The number of hydrogen-bond acceptors (Lipinski definition) is 4. The van der Waals surface area contributed by atoms with Crippen molar-refractivity contribution in [2.24, 2.45) is 5.41 Å². The molecular weight excluding hydrogens is 218 g/mol. The lowest BCUT2D eigenvalue weighted by atomic mass is 9.94. The summed E-state index contributed by atoms with van der Waals surface area (Å²) in [7, 11) is -3.02. The number of sulfone groups is 1. The Kier molecular flexibility index (Phi) is 4.73. The first-order valence-electron chi connectivity index (χ1n) is 4.69. The fourth-order valence-corrected chi connectivity index (χ4v) is 2.04. The van der Waals surface area contributed by atoms with Crippen molar-refractivity contribution in [1.82, 2.24) is 5.32 Å². The minimum Gasteiger partial charge on any atom is -0.481 e. The minimum atomic E-state index is -3.02. The lowest BCUT2D eigenvalue weighted by molar-refractivity contribution is -0.146. The van der Waals surface area contributed by atoms with Gasteiger partial charge < -0.3 is 10.4 Å². The smallest absolute Gasteiger partial charge is 0.310 e. The maximum absolute atomic E-state index is 10.9. The summed E-state index contributed by atoms with van der Waals surface area (Å²) in [6.45, 7) is 5.16. The monoisotopic (exact) mass is 237 g/mol. The van der Waals surface area contributed by atoms with Gasteiger partial charge in [-0.15, -0.1) is 0 Å². The van der Waals surface area contributed by atoms with Crippen molar-refractivity contribution in [3.05, 3.63) is 0 Å². The van der Waals surface area contributed by atoms with Crippen molar-refractivity contribution in [2.45, 2.75) is 26.8 Å². The van der Waals surface area contributed by atoms with Gasteiger partial charge in [-0.25, -0.2) is 8.42 Å². The summed E-state index contributed by atoms with van der Waals surface area (Å²) in [6, 6.07) is -0.237. The first-order chi connectivity index (χ1) is 6.54. The van der Waals surface area contributed by atoms with Crippen molar-refractivity contribution in [1.29, 1.82) is 0 Å². The van der Waals surface area contributed by atoms with Crippen molar-refractivity contribution < 1.29 is 18.3 Å². The molecule has 1 atom stereocenters. The van der Waals surface area contributed by atoms with Crippen molar-refractivity contribution in [3.63, 3.8) is 0 Å². The van der Waals surface area contributed by atoms with Crippen molar-refractivity contribution >= 4 is 15.8 Å². The quantitative estimate of drug-likeness (QED) is 0.685. The molecule has 0 aromatic carbocycles. The van der Waals surface area contributed by atoms with Gasteiger partial charge in [0.25, 0.3) is 0 Å². The number of nitrogens with one attached hydrogen (secondary N) is 1. The molecule has 0 saturated carbocycles. The van der Waals surface area contributed by atoms with Crippen LogP contribution in [0.25, 0.3) is 0 Å². The molecule has 0 saturated heterocycles. The first kappa shape index (κ1) is 14.4. The fraction of sp³-hybridized carbons (Fsp3) is 0.889. The van der Waals surface area contributed by atoms with E-state index in [4.69, 9.17) is 5.11 Å². The van der Waals surface area contributed by atoms with Crippen LogP contribution in [0.2, 0.25) is 0 Å². The summed E-state index contributed by atoms with van der Waals surface area (Å²) in [5.41, 5.74) is -0.883. The number of carboxylic acids is 1. The van der Waals surface area contributed by atoms with Gasteiger partial charge in [0.15, 0.2) is 0 Å². The molecule has 0 spiro atoms. The zero-order chi connectivity index (χ0) is 12.3. The van der Waals surface area contributed by atoms with Crippen LogP contribution in [0.3, 0.4) is 0 Å². The van der Waals surface area contributed by atoms with Gasteiger partial charge in [0.05, 0.1) is 11.2 Å². The topological polar surface area (TPSA) is 83.5 Å². The van der Waals surface area contributed by atoms with Gasteiger partial charge in [-0.05, 0) is 20.8 Å². The molecular formula is C9H19NO4S. The Hall–Kier alpha value is -0.620. The number of carbonyl (C=O) groups is 1. The average Bonchev–Trinajstić information content (AvgIpc) is 1.97. The average molecular weight is 237 g/mol. The highest BCUT2D eigenvalue weighted by atomic mass is 32.2. The molecule has 1 unspecified atom stereocenters. The minimum absolute atomic E-state index is 0.0166. The summed E-state index contributed by atoms with van der Waals surface area (Å²) in [5, 5.41) is 11.7. The van der Waals surface area contributed by atoms with E-state index >= 15 is 0 Å². The zero-order valence-corrected chi connectivity index (χ0v) is 10.4. The predicted molar refractivity (Wildman–Crippen MR) is 58.6 cm³/mol. The predicted octanol–water partition coefficient (Wildman–Crippen LogP) is 0.120. The third kappa shape index (κ3) is 6.46. The van der Waals surface area contributed by atoms with E-state index in [0.29, 0.717) is 0 Å². The normalized spacial score (nSPS) is 14.9. The molecule has 15 heavy (non-hydrogen) atoms. The van der Waals surface area contributed by atoms with Gasteiger partial charge in [0, 0.05) is 18.8 Å². The van der Waals surface area contributed by atoms with E-state index in [1.807, 2.05) is 0 Å². The molecule has 0 radical (unpaired) electrons. The van der Waals surface area contributed by atoms with Crippen molar-refractivity contribution in [2.75, 3.05) is 18.6 Å². The second kappa shape index (κ2) is 4.94. The molecule has 0 aromatic heterocycles. The van der Waals surface area contributed by atoms with Crippen LogP contribution in [-0.4, -0.2) is 44.1 Å². The summed E-state index contributed by atoms with van der Waals surface area (Å²) >= 11 is 0. The van der Waals surface area contributed by atoms with E-state index in [0.717, 1.165) is 6.26 Å². The molecule has 2 N–H and O–H groups in total. The lowest BCUT2D eigenvalue weighted by Crippen LogP contribution is -2.42. The van der Waals surface area contributed by atoms with Crippen LogP contribution in [0.5, 0.6) is 0 Å². The van der Waals surface area contributed by atoms with Crippen LogP contribution < -0.4 is 5.32 Å². The van der Waals surface area contributed by atoms with Gasteiger partial charge in [0.1, 0.15) is 9.84 Å². The number of hydrogen-bond donors (Lipinski definition) is 2. The molecule has 0 aliphatic heterocycles. The summed E-state index contributed by atoms with van der Waals surface area (Å²) in [5.74, 6) is -0.885. The molecule has 0 aromatic rings. The maximum atomic E-state index is 10.9. The van der Waals surface area contributed by atoms with Gasteiger partial charge in [-0.1, -0.05) is 0 Å². The molecule has 0 rings (SSSR count). The molecule has 0 aliphatic rings. The maximum Gasteiger partial charge on any atom is 0.310 e. The third-order valence-electron chi connectivity index (χ3n) is 2.02. The summed E-state index contributed by atoms with van der Waals surface area (Å²) in [4.78, 5) is 10.8. The Morgan fingerprint density at radius 1 is 1.47 bits per heavy atom. The van der Waals surface area contributed by atoms with Crippen LogP contribution in [0.15, 0.2) is 0 Å². The Bertz CT molecular complexity index is 321. The molecule has 90 valence electrons. The Labute approximate surface area is 90.8 Å². The van der Waals surface area contributed by atoms with E-state index < -0.39 is 21.2 Å². The van der Waals surface area contributed by atoms with Crippen LogP contribution in [0, 0.1) is 5.41 Å². The molecule has 5 nitrogen and oxygen atoms in total. The zero-order valence-electron chi connectivity index (χ0n) is 9.57. The SMILES string of the molecule is CC(CS(C)(=O)=O)NCC(C)(C)C(=O)O. The number of carboxylic acid groups (broad SMARTS) is 1. The van der Waals surface area contributed by atoms with Gasteiger partial charge >= 0.3 is 5.97 Å².